The predicted molar refractivity (Wildman–Crippen MR) is 181 cm³/mol. The lowest BCUT2D eigenvalue weighted by Crippen LogP contribution is -2.40. The number of hydrogen-bond donors (Lipinski definition) is 3. The van der Waals surface area contributed by atoms with Crippen LogP contribution >= 0.6 is 0 Å². The molecule has 3 aromatic rings. The molecule has 1 fully saturated rings. The number of anilines is 3. The van der Waals surface area contributed by atoms with Crippen molar-refractivity contribution >= 4 is 58.2 Å². The van der Waals surface area contributed by atoms with Crippen LogP contribution in [-0.4, -0.2) is 68.7 Å². The molecule has 0 atom stereocenters. The number of carboxylic acid groups (broad SMARTS) is 2. The van der Waals surface area contributed by atoms with Crippen LogP contribution in [0.1, 0.15) is 84.6 Å². The number of oxime groups is 1. The molecule has 1 aliphatic carbocycles. The number of carbonyl (C=O) groups excluding carboxylic acids is 4. The topological polar surface area (TPSA) is 197 Å². The van der Waals surface area contributed by atoms with Crippen molar-refractivity contribution in [3.8, 4) is 0 Å². The fourth-order valence-corrected chi connectivity index (χ4v) is 5.55. The minimum absolute atomic E-state index is 0.113. The zero-order valence-electron chi connectivity index (χ0n) is 27.5. The maximum atomic E-state index is 13.4. The van der Waals surface area contributed by atoms with Crippen molar-refractivity contribution in [2.75, 3.05) is 11.5 Å². The van der Waals surface area contributed by atoms with Gasteiger partial charge in [-0.25, -0.2) is 4.79 Å². The highest BCUT2D eigenvalue weighted by molar-refractivity contribution is 6.46. The number of carbonyl (C=O) groups is 6. The van der Waals surface area contributed by atoms with Crippen LogP contribution in [0.2, 0.25) is 0 Å². The molecule has 0 aliphatic heterocycles. The lowest BCUT2D eigenvalue weighted by Gasteiger charge is -2.31. The van der Waals surface area contributed by atoms with Crippen molar-refractivity contribution in [2.45, 2.75) is 70.3 Å². The standard InChI is InChI=1S/C37H38N2O11/c1-2-24-6-12-27(13-7-24)39(29-16-10-26(11-17-29)36(47)37(48)19-4-3-5-20-37)28-14-8-25(9-15-28)35(46)30(38-50-34(45)23-32(42)43)18-21-49-33(44)22-31(40)41/h6-17,48H,2-5,18-23H2,1H3,(H,40,41)(H,42,43)/b38-30+. The Kier molecular flexibility index (Phi) is 12.7. The molecule has 3 aromatic carbocycles. The van der Waals surface area contributed by atoms with Crippen LogP contribution in [-0.2, 0) is 35.2 Å². The van der Waals surface area contributed by atoms with Gasteiger partial charge in [0, 0.05) is 34.6 Å². The van der Waals surface area contributed by atoms with Crippen molar-refractivity contribution in [3.05, 3.63) is 89.5 Å². The maximum Gasteiger partial charge on any atom is 0.346 e. The average Bonchev–Trinajstić information content (AvgIpc) is 3.10. The fourth-order valence-electron chi connectivity index (χ4n) is 5.55. The van der Waals surface area contributed by atoms with Crippen molar-refractivity contribution in [2.24, 2.45) is 5.16 Å². The first-order chi connectivity index (χ1) is 23.9. The van der Waals surface area contributed by atoms with E-state index in [0.29, 0.717) is 29.8 Å². The Morgan fingerprint density at radius 2 is 1.22 bits per heavy atom. The first kappa shape index (κ1) is 37.1. The van der Waals surface area contributed by atoms with Gasteiger partial charge < -0.3 is 29.8 Å². The smallest absolute Gasteiger partial charge is 0.346 e. The molecule has 0 unspecified atom stereocenters. The summed E-state index contributed by atoms with van der Waals surface area (Å²) < 4.78 is 4.84. The summed E-state index contributed by atoms with van der Waals surface area (Å²) in [4.78, 5) is 78.3. The second-order valence-electron chi connectivity index (χ2n) is 11.8. The summed E-state index contributed by atoms with van der Waals surface area (Å²) in [6, 6.07) is 21.2. The number of nitrogens with zero attached hydrogens (tertiary/aromatic N) is 2. The summed E-state index contributed by atoms with van der Waals surface area (Å²) >= 11 is 0. The van der Waals surface area contributed by atoms with Gasteiger partial charge in [0.25, 0.3) is 0 Å². The van der Waals surface area contributed by atoms with Gasteiger partial charge in [0.1, 0.15) is 24.2 Å². The van der Waals surface area contributed by atoms with E-state index in [1.165, 1.54) is 12.1 Å². The minimum Gasteiger partial charge on any atom is -0.481 e. The van der Waals surface area contributed by atoms with Gasteiger partial charge in [0.15, 0.2) is 5.78 Å². The molecular weight excluding hydrogens is 648 g/mol. The van der Waals surface area contributed by atoms with Crippen LogP contribution in [0.5, 0.6) is 0 Å². The normalized spacial score (nSPS) is 13.9. The van der Waals surface area contributed by atoms with Gasteiger partial charge in [-0.05, 0) is 85.5 Å². The molecule has 0 amide bonds. The fraction of sp³-hybridized carbons (Fsp3) is 0.324. The number of aryl methyl sites for hydroxylation is 1. The number of carboxylic acids is 2. The van der Waals surface area contributed by atoms with Crippen LogP contribution in [0.4, 0.5) is 17.1 Å². The number of ketones is 2. The third-order valence-electron chi connectivity index (χ3n) is 8.19. The maximum absolute atomic E-state index is 13.4. The first-order valence-corrected chi connectivity index (χ1v) is 16.2. The molecule has 13 nitrogen and oxygen atoms in total. The largest absolute Gasteiger partial charge is 0.481 e. The van der Waals surface area contributed by atoms with Gasteiger partial charge in [-0.3, -0.25) is 24.0 Å². The zero-order chi connectivity index (χ0) is 36.3. The van der Waals surface area contributed by atoms with E-state index in [1.807, 2.05) is 36.1 Å². The highest BCUT2D eigenvalue weighted by Gasteiger charge is 2.37. The number of benzene rings is 3. The highest BCUT2D eigenvalue weighted by atomic mass is 16.7. The Hall–Kier alpha value is -5.69. The molecule has 13 heteroatoms. The summed E-state index contributed by atoms with van der Waals surface area (Å²) in [7, 11) is 0. The van der Waals surface area contributed by atoms with Gasteiger partial charge in [-0.1, -0.05) is 43.5 Å². The first-order valence-electron chi connectivity index (χ1n) is 16.2. The Balaban J connectivity index is 1.61. The molecule has 50 heavy (non-hydrogen) atoms. The Morgan fingerprint density at radius 3 is 1.74 bits per heavy atom. The molecule has 4 rings (SSSR count). The van der Waals surface area contributed by atoms with E-state index in [0.717, 1.165) is 36.9 Å². The van der Waals surface area contributed by atoms with E-state index in [9.17, 15) is 33.9 Å². The Labute approximate surface area is 288 Å². The van der Waals surface area contributed by atoms with Crippen molar-refractivity contribution in [1.82, 2.24) is 0 Å². The molecule has 1 aliphatic rings. The average molecular weight is 687 g/mol. The van der Waals surface area contributed by atoms with Crippen LogP contribution in [0, 0.1) is 0 Å². The SMILES string of the molecule is CCc1ccc(N(c2ccc(C(=O)/C(CCOC(=O)CC(=O)O)=N/OC(=O)CC(=O)O)cc2)c2ccc(C(=O)C3(O)CCCCC3)cc2)cc1. The van der Waals surface area contributed by atoms with E-state index >= 15 is 0 Å². The van der Waals surface area contributed by atoms with Crippen molar-refractivity contribution < 1.29 is 53.7 Å². The minimum atomic E-state index is -1.46. The number of aliphatic carboxylic acids is 2. The Bertz CT molecular complexity index is 1740. The lowest BCUT2D eigenvalue weighted by atomic mass is 9.79. The molecule has 0 radical (unpaired) electrons. The number of Topliss-reactive ketones (excluding diaryl/α,β-unsaturated/α-hetero) is 2. The molecule has 0 spiro atoms. The number of rotatable bonds is 16. The Morgan fingerprint density at radius 1 is 0.720 bits per heavy atom. The highest BCUT2D eigenvalue weighted by Crippen LogP contribution is 2.36. The van der Waals surface area contributed by atoms with E-state index < -0.39 is 54.7 Å². The van der Waals surface area contributed by atoms with E-state index in [-0.39, 0.29) is 23.5 Å². The van der Waals surface area contributed by atoms with Crippen LogP contribution in [0.3, 0.4) is 0 Å². The van der Waals surface area contributed by atoms with Crippen molar-refractivity contribution in [3.63, 3.8) is 0 Å². The van der Waals surface area contributed by atoms with Crippen LogP contribution in [0.25, 0.3) is 0 Å². The van der Waals surface area contributed by atoms with E-state index in [2.05, 4.69) is 9.99 Å². The van der Waals surface area contributed by atoms with Crippen molar-refractivity contribution in [1.29, 1.82) is 0 Å². The zero-order valence-corrected chi connectivity index (χ0v) is 27.5. The van der Waals surface area contributed by atoms with Crippen LogP contribution < -0.4 is 4.90 Å². The second-order valence-corrected chi connectivity index (χ2v) is 11.8. The summed E-state index contributed by atoms with van der Waals surface area (Å²) in [5, 5.41) is 32.1. The molecule has 3 N–H and O–H groups in total. The monoisotopic (exact) mass is 686 g/mol. The van der Waals surface area contributed by atoms with Gasteiger partial charge in [-0.15, -0.1) is 0 Å². The molecule has 1 saturated carbocycles. The van der Waals surface area contributed by atoms with E-state index in [4.69, 9.17) is 14.9 Å². The van der Waals surface area contributed by atoms with Gasteiger partial charge in [0.05, 0.1) is 6.61 Å². The number of esters is 1. The third-order valence-corrected chi connectivity index (χ3v) is 8.19. The molecular formula is C37H38N2O11. The molecule has 0 bridgehead atoms. The summed E-state index contributed by atoms with van der Waals surface area (Å²) in [6.45, 7) is 1.59. The lowest BCUT2D eigenvalue weighted by molar-refractivity contribution is -0.153. The summed E-state index contributed by atoms with van der Waals surface area (Å²) in [5.74, 6) is -6.16. The second kappa shape index (κ2) is 17.1. The molecule has 0 heterocycles. The molecule has 262 valence electrons. The quantitative estimate of drug-likeness (QED) is 0.0424. The van der Waals surface area contributed by atoms with Gasteiger partial charge >= 0.3 is 23.9 Å². The van der Waals surface area contributed by atoms with Gasteiger partial charge in [-0.2, -0.15) is 0 Å². The molecule has 0 saturated heterocycles. The number of aliphatic hydroxyl groups is 1. The van der Waals surface area contributed by atoms with E-state index in [1.54, 1.807) is 36.4 Å². The number of hydrogen-bond acceptors (Lipinski definition) is 11. The summed E-state index contributed by atoms with van der Waals surface area (Å²) in [6.07, 6.45) is 2.03. The molecule has 0 aromatic heterocycles. The summed E-state index contributed by atoms with van der Waals surface area (Å²) in [5.41, 5.74) is 2.05. The predicted octanol–water partition coefficient (Wildman–Crippen LogP) is 5.56. The van der Waals surface area contributed by atoms with Gasteiger partial charge in [0.2, 0.25) is 5.78 Å². The van der Waals surface area contributed by atoms with Crippen LogP contribution in [0.15, 0.2) is 78.0 Å². The number of ether oxygens (including phenoxy) is 1. The third kappa shape index (κ3) is 9.92.